The van der Waals surface area contributed by atoms with Crippen molar-refractivity contribution in [3.8, 4) is 0 Å². The van der Waals surface area contributed by atoms with E-state index in [1.807, 2.05) is 0 Å². The lowest BCUT2D eigenvalue weighted by atomic mass is 9.44. The number of aliphatic hydroxyl groups is 1. The molecule has 1 aromatic carbocycles. The van der Waals surface area contributed by atoms with E-state index in [1.165, 1.54) is 57.1 Å². The highest BCUT2D eigenvalue weighted by Crippen LogP contribution is 2.67. The summed E-state index contributed by atoms with van der Waals surface area (Å²) in [6, 6.07) is 3.79. The highest BCUT2D eigenvalue weighted by atomic mass is 19.4. The highest BCUT2D eigenvalue weighted by molar-refractivity contribution is 5.95. The number of anilines is 1. The molecule has 7 unspecified atom stereocenters. The van der Waals surface area contributed by atoms with E-state index >= 15 is 0 Å². The molecule has 0 radical (unpaired) electrons. The molecule has 1 aliphatic heterocycles. The Bertz CT molecular complexity index is 1070. The number of rotatable bonds is 4. The average Bonchev–Trinajstić information content (AvgIpc) is 3.44. The second-order valence-corrected chi connectivity index (χ2v) is 13.9. The van der Waals surface area contributed by atoms with Crippen LogP contribution in [-0.2, 0) is 17.4 Å². The van der Waals surface area contributed by atoms with Gasteiger partial charge in [-0.1, -0.05) is 13.8 Å². The molecule has 4 fully saturated rings. The Morgan fingerprint density at radius 2 is 1.79 bits per heavy atom. The number of hydrogen-bond acceptors (Lipinski definition) is 2. The number of alkyl halides is 3. The standard InChI is InChI=1S/C32H44F3NO2/c1-30-16-13-27-25(9-6-22-19-24(37)12-15-31(22,27)2)26(30)10-7-21(30)4-3-5-29(38)36-17-14-20-18-23(32(33,34)35)8-11-28(20)36/h8,11,18,21-22,24-27,37H,3-7,9-10,12-17,19H2,1-2H3/t21?,22?,24-,25?,26?,27?,30?,31?/m1/s1. The van der Waals surface area contributed by atoms with Gasteiger partial charge >= 0.3 is 6.18 Å². The van der Waals surface area contributed by atoms with Gasteiger partial charge in [0.05, 0.1) is 11.7 Å². The number of aliphatic hydroxyl groups excluding tert-OH is 1. The molecule has 8 atom stereocenters. The van der Waals surface area contributed by atoms with Gasteiger partial charge in [0.25, 0.3) is 0 Å². The maximum Gasteiger partial charge on any atom is 0.416 e. The predicted octanol–water partition coefficient (Wildman–Crippen LogP) is 7.78. The van der Waals surface area contributed by atoms with Gasteiger partial charge in [0, 0.05) is 18.7 Å². The molecule has 6 rings (SSSR count). The Balaban J connectivity index is 1.06. The van der Waals surface area contributed by atoms with Crippen molar-refractivity contribution >= 4 is 11.6 Å². The summed E-state index contributed by atoms with van der Waals surface area (Å²) in [4.78, 5) is 14.8. The van der Waals surface area contributed by atoms with Crippen LogP contribution in [0.5, 0.6) is 0 Å². The van der Waals surface area contributed by atoms with Gasteiger partial charge in [0.2, 0.25) is 5.91 Å². The molecular formula is C32H44F3NO2. The van der Waals surface area contributed by atoms with E-state index in [1.54, 1.807) is 4.90 Å². The number of carbonyl (C=O) groups excluding carboxylic acids is 1. The van der Waals surface area contributed by atoms with Gasteiger partial charge < -0.3 is 10.0 Å². The molecule has 3 nitrogen and oxygen atoms in total. The van der Waals surface area contributed by atoms with Crippen molar-refractivity contribution in [2.24, 2.45) is 40.4 Å². The molecule has 4 aliphatic carbocycles. The molecule has 4 saturated carbocycles. The summed E-state index contributed by atoms with van der Waals surface area (Å²) < 4.78 is 39.3. The average molecular weight is 532 g/mol. The molecule has 0 aromatic heterocycles. The third-order valence-electron chi connectivity index (χ3n) is 12.4. The lowest BCUT2D eigenvalue weighted by Gasteiger charge is -2.61. The molecule has 1 aromatic rings. The minimum absolute atomic E-state index is 0.0534. The van der Waals surface area contributed by atoms with Crippen LogP contribution in [0.3, 0.4) is 0 Å². The van der Waals surface area contributed by atoms with E-state index in [4.69, 9.17) is 0 Å². The molecule has 0 spiro atoms. The maximum absolute atomic E-state index is 13.1. The molecule has 0 bridgehead atoms. The fraction of sp³-hybridized carbons (Fsp3) is 0.781. The minimum atomic E-state index is -4.35. The molecule has 1 N–H and O–H groups in total. The molecular weight excluding hydrogens is 487 g/mol. The Labute approximate surface area is 225 Å². The number of hydrogen-bond donors (Lipinski definition) is 1. The molecule has 6 heteroatoms. The summed E-state index contributed by atoms with van der Waals surface area (Å²) in [5, 5.41) is 10.3. The summed E-state index contributed by atoms with van der Waals surface area (Å²) in [5.41, 5.74) is 1.44. The Morgan fingerprint density at radius 3 is 2.58 bits per heavy atom. The number of benzene rings is 1. The maximum atomic E-state index is 13.1. The normalized spacial score (nSPS) is 40.3. The molecule has 5 aliphatic rings. The Hall–Kier alpha value is -1.56. The van der Waals surface area contributed by atoms with Crippen molar-refractivity contribution < 1.29 is 23.1 Å². The zero-order valence-electron chi connectivity index (χ0n) is 23.0. The molecule has 210 valence electrons. The smallest absolute Gasteiger partial charge is 0.393 e. The van der Waals surface area contributed by atoms with E-state index in [9.17, 15) is 23.1 Å². The highest BCUT2D eigenvalue weighted by Gasteiger charge is 2.59. The quantitative estimate of drug-likeness (QED) is 0.431. The van der Waals surface area contributed by atoms with E-state index in [2.05, 4.69) is 13.8 Å². The van der Waals surface area contributed by atoms with Gasteiger partial charge in [-0.05, 0) is 141 Å². The lowest BCUT2D eigenvalue weighted by Crippen LogP contribution is -2.53. The first-order chi connectivity index (χ1) is 18.0. The van der Waals surface area contributed by atoms with Gasteiger partial charge in [0.1, 0.15) is 0 Å². The summed E-state index contributed by atoms with van der Waals surface area (Å²) in [6.07, 6.45) is 9.44. The van der Waals surface area contributed by atoms with Crippen LogP contribution in [-0.4, -0.2) is 23.7 Å². The first kappa shape index (κ1) is 26.7. The molecule has 1 heterocycles. The molecule has 0 saturated heterocycles. The summed E-state index contributed by atoms with van der Waals surface area (Å²) in [6.45, 7) is 5.57. The van der Waals surface area contributed by atoms with Crippen LogP contribution in [0.15, 0.2) is 18.2 Å². The van der Waals surface area contributed by atoms with E-state index in [-0.39, 0.29) is 12.0 Å². The zero-order valence-corrected chi connectivity index (χ0v) is 23.0. The second-order valence-electron chi connectivity index (χ2n) is 13.9. The summed E-state index contributed by atoms with van der Waals surface area (Å²) >= 11 is 0. The van der Waals surface area contributed by atoms with Crippen LogP contribution < -0.4 is 4.90 Å². The Morgan fingerprint density at radius 1 is 1.03 bits per heavy atom. The minimum Gasteiger partial charge on any atom is -0.393 e. The fourth-order valence-electron chi connectivity index (χ4n) is 10.3. The predicted molar refractivity (Wildman–Crippen MR) is 143 cm³/mol. The number of halogens is 3. The topological polar surface area (TPSA) is 40.5 Å². The number of amides is 1. The van der Waals surface area contributed by atoms with Gasteiger partial charge in [-0.25, -0.2) is 0 Å². The van der Waals surface area contributed by atoms with E-state index in [0.717, 1.165) is 49.5 Å². The van der Waals surface area contributed by atoms with E-state index < -0.39 is 11.7 Å². The van der Waals surface area contributed by atoms with Crippen LogP contribution in [0.4, 0.5) is 18.9 Å². The van der Waals surface area contributed by atoms with Crippen LogP contribution >= 0.6 is 0 Å². The SMILES string of the molecule is CC12CCC3C(CCC4C[C@H](O)CCC43C)C1CCC2CCCC(=O)N1CCc2cc(C(F)(F)F)ccc21. The first-order valence-electron chi connectivity index (χ1n) is 15.2. The lowest BCUT2D eigenvalue weighted by molar-refractivity contribution is -0.137. The van der Waals surface area contributed by atoms with Crippen LogP contribution in [0.25, 0.3) is 0 Å². The van der Waals surface area contributed by atoms with Gasteiger partial charge in [-0.3, -0.25) is 4.79 Å². The molecule has 38 heavy (non-hydrogen) atoms. The summed E-state index contributed by atoms with van der Waals surface area (Å²) in [5.74, 6) is 3.83. The second kappa shape index (κ2) is 9.52. The van der Waals surface area contributed by atoms with Gasteiger partial charge in [-0.2, -0.15) is 13.2 Å². The van der Waals surface area contributed by atoms with Gasteiger partial charge in [0.15, 0.2) is 0 Å². The number of fused-ring (bicyclic) bond motifs is 6. The summed E-state index contributed by atoms with van der Waals surface area (Å²) in [7, 11) is 0. The Kier molecular flexibility index (Phi) is 6.68. The van der Waals surface area contributed by atoms with Crippen molar-refractivity contribution in [2.45, 2.75) is 110 Å². The third-order valence-corrected chi connectivity index (χ3v) is 12.4. The van der Waals surface area contributed by atoms with Crippen LogP contribution in [0.2, 0.25) is 0 Å². The van der Waals surface area contributed by atoms with Crippen molar-refractivity contribution in [1.82, 2.24) is 0 Å². The monoisotopic (exact) mass is 531 g/mol. The van der Waals surface area contributed by atoms with Crippen molar-refractivity contribution in [1.29, 1.82) is 0 Å². The number of nitrogens with zero attached hydrogens (tertiary/aromatic N) is 1. The van der Waals surface area contributed by atoms with Crippen molar-refractivity contribution in [3.63, 3.8) is 0 Å². The largest absolute Gasteiger partial charge is 0.416 e. The molecule has 1 amide bonds. The van der Waals surface area contributed by atoms with Crippen LogP contribution in [0, 0.1) is 40.4 Å². The van der Waals surface area contributed by atoms with Crippen molar-refractivity contribution in [3.05, 3.63) is 29.3 Å². The third kappa shape index (κ3) is 4.32. The first-order valence-corrected chi connectivity index (χ1v) is 15.2. The van der Waals surface area contributed by atoms with Crippen molar-refractivity contribution in [2.75, 3.05) is 11.4 Å². The zero-order chi connectivity index (χ0) is 26.9. The van der Waals surface area contributed by atoms with Gasteiger partial charge in [-0.15, -0.1) is 0 Å². The van der Waals surface area contributed by atoms with Crippen LogP contribution in [0.1, 0.15) is 102 Å². The van der Waals surface area contributed by atoms with E-state index in [0.29, 0.717) is 53.3 Å². The number of carbonyl (C=O) groups is 1. The fourth-order valence-corrected chi connectivity index (χ4v) is 10.3.